The molecule has 2 aromatic rings. The fourth-order valence-electron chi connectivity index (χ4n) is 2.91. The number of amides is 2. The van der Waals surface area contributed by atoms with Crippen LogP contribution in [0.4, 0.5) is 11.4 Å². The average molecular weight is 367 g/mol. The monoisotopic (exact) mass is 367 g/mol. The molecule has 2 aromatic carbocycles. The Balaban J connectivity index is 1.97. The van der Waals surface area contributed by atoms with E-state index in [1.54, 1.807) is 24.3 Å². The summed E-state index contributed by atoms with van der Waals surface area (Å²) in [6.07, 6.45) is 1.85. The summed E-state index contributed by atoms with van der Waals surface area (Å²) in [6.45, 7) is 7.78. The molecule has 0 bridgehead atoms. The van der Waals surface area contributed by atoms with Crippen LogP contribution < -0.4 is 10.6 Å². The first-order chi connectivity index (χ1) is 13.0. The van der Waals surface area contributed by atoms with Gasteiger partial charge in [0.25, 0.3) is 5.91 Å². The molecule has 0 heterocycles. The lowest BCUT2D eigenvalue weighted by atomic mass is 10.1. The fraction of sp³-hybridized carbons (Fsp3) is 0.364. The van der Waals surface area contributed by atoms with Crippen LogP contribution in [0.5, 0.6) is 0 Å². The quantitative estimate of drug-likeness (QED) is 0.694. The predicted octanol–water partition coefficient (Wildman–Crippen LogP) is 4.31. The van der Waals surface area contributed by atoms with Crippen molar-refractivity contribution >= 4 is 23.2 Å². The van der Waals surface area contributed by atoms with Gasteiger partial charge in [0.05, 0.1) is 6.54 Å². The van der Waals surface area contributed by atoms with Crippen molar-refractivity contribution < 1.29 is 9.59 Å². The number of aryl methyl sites for hydroxylation is 1. The van der Waals surface area contributed by atoms with Gasteiger partial charge < -0.3 is 15.5 Å². The number of hydrogen-bond donors (Lipinski definition) is 2. The zero-order valence-electron chi connectivity index (χ0n) is 16.4. The van der Waals surface area contributed by atoms with Crippen LogP contribution in [-0.4, -0.2) is 36.3 Å². The summed E-state index contributed by atoms with van der Waals surface area (Å²) in [5, 5.41) is 5.96. The van der Waals surface area contributed by atoms with Crippen molar-refractivity contribution in [2.75, 3.05) is 30.3 Å². The number of nitrogens with one attached hydrogen (secondary N) is 2. The molecular formula is C22H29N3O2. The van der Waals surface area contributed by atoms with Gasteiger partial charge in [-0.3, -0.25) is 9.59 Å². The second-order valence-electron chi connectivity index (χ2n) is 6.64. The summed E-state index contributed by atoms with van der Waals surface area (Å²) < 4.78 is 0. The van der Waals surface area contributed by atoms with E-state index in [4.69, 9.17) is 0 Å². The minimum absolute atomic E-state index is 0.00712. The second-order valence-corrected chi connectivity index (χ2v) is 6.64. The molecule has 0 aliphatic heterocycles. The van der Waals surface area contributed by atoms with Gasteiger partial charge in [-0.05, 0) is 55.7 Å². The van der Waals surface area contributed by atoms with E-state index in [9.17, 15) is 9.59 Å². The van der Waals surface area contributed by atoms with Crippen LogP contribution in [0.2, 0.25) is 0 Å². The number of rotatable bonds is 9. The summed E-state index contributed by atoms with van der Waals surface area (Å²) >= 11 is 0. The average Bonchev–Trinajstić information content (AvgIpc) is 2.66. The molecule has 0 saturated heterocycles. The third-order valence-electron chi connectivity index (χ3n) is 4.14. The van der Waals surface area contributed by atoms with Crippen molar-refractivity contribution in [3.63, 3.8) is 0 Å². The van der Waals surface area contributed by atoms with Crippen LogP contribution in [0, 0.1) is 6.92 Å². The van der Waals surface area contributed by atoms with Gasteiger partial charge in [0.15, 0.2) is 0 Å². The Morgan fingerprint density at radius 2 is 1.59 bits per heavy atom. The smallest absolute Gasteiger partial charge is 0.253 e. The molecule has 2 amide bonds. The highest BCUT2D eigenvalue weighted by Gasteiger charge is 2.15. The Morgan fingerprint density at radius 3 is 2.26 bits per heavy atom. The molecule has 2 rings (SSSR count). The second kappa shape index (κ2) is 10.4. The lowest BCUT2D eigenvalue weighted by Gasteiger charge is -2.21. The van der Waals surface area contributed by atoms with Gasteiger partial charge in [0.1, 0.15) is 0 Å². The van der Waals surface area contributed by atoms with Gasteiger partial charge in [-0.25, -0.2) is 0 Å². The van der Waals surface area contributed by atoms with Crippen molar-refractivity contribution in [2.24, 2.45) is 0 Å². The maximum Gasteiger partial charge on any atom is 0.253 e. The number of anilines is 2. The molecule has 0 aromatic heterocycles. The van der Waals surface area contributed by atoms with Crippen molar-refractivity contribution in [3.8, 4) is 0 Å². The summed E-state index contributed by atoms with van der Waals surface area (Å²) in [5.41, 5.74) is 3.27. The topological polar surface area (TPSA) is 61.4 Å². The summed E-state index contributed by atoms with van der Waals surface area (Å²) in [6, 6.07) is 15.0. The first-order valence-electron chi connectivity index (χ1n) is 9.53. The molecule has 0 unspecified atom stereocenters. The van der Waals surface area contributed by atoms with Crippen molar-refractivity contribution in [2.45, 2.75) is 33.6 Å². The SMILES string of the molecule is CCCN(CCC)C(=O)c1cccc(NC(=O)CNc2cccc(C)c2)c1. The Labute approximate surface area is 161 Å². The summed E-state index contributed by atoms with van der Waals surface area (Å²) in [7, 11) is 0. The number of hydrogen-bond acceptors (Lipinski definition) is 3. The maximum absolute atomic E-state index is 12.7. The Hall–Kier alpha value is -2.82. The predicted molar refractivity (Wildman–Crippen MR) is 111 cm³/mol. The molecule has 0 aliphatic carbocycles. The normalized spacial score (nSPS) is 10.3. The molecule has 144 valence electrons. The van der Waals surface area contributed by atoms with Crippen LogP contribution in [0.3, 0.4) is 0 Å². The van der Waals surface area contributed by atoms with Crippen molar-refractivity contribution in [3.05, 3.63) is 59.7 Å². The standard InChI is InChI=1S/C22H29N3O2/c1-4-12-25(13-5-2)22(27)18-9-7-11-20(15-18)24-21(26)16-23-19-10-6-8-17(3)14-19/h6-11,14-15,23H,4-5,12-13,16H2,1-3H3,(H,24,26). The molecule has 27 heavy (non-hydrogen) atoms. The van der Waals surface area contributed by atoms with Gasteiger partial charge in [0.2, 0.25) is 5.91 Å². The highest BCUT2D eigenvalue weighted by Crippen LogP contribution is 2.14. The lowest BCUT2D eigenvalue weighted by molar-refractivity contribution is -0.114. The van der Waals surface area contributed by atoms with E-state index in [2.05, 4.69) is 24.5 Å². The molecular weight excluding hydrogens is 338 g/mol. The van der Waals surface area contributed by atoms with E-state index >= 15 is 0 Å². The van der Waals surface area contributed by atoms with Gasteiger partial charge in [-0.1, -0.05) is 32.0 Å². The van der Waals surface area contributed by atoms with Crippen LogP contribution in [-0.2, 0) is 4.79 Å². The Bertz CT molecular complexity index is 768. The van der Waals surface area contributed by atoms with Gasteiger partial charge in [0, 0.05) is 30.0 Å². The third-order valence-corrected chi connectivity index (χ3v) is 4.14. The molecule has 2 N–H and O–H groups in total. The third kappa shape index (κ3) is 6.44. The van der Waals surface area contributed by atoms with Crippen LogP contribution in [0.15, 0.2) is 48.5 Å². The lowest BCUT2D eigenvalue weighted by Crippen LogP contribution is -2.32. The zero-order chi connectivity index (χ0) is 19.6. The van der Waals surface area contributed by atoms with E-state index in [1.165, 1.54) is 0 Å². The van der Waals surface area contributed by atoms with E-state index < -0.39 is 0 Å². The molecule has 0 radical (unpaired) electrons. The molecule has 5 nitrogen and oxygen atoms in total. The number of carbonyl (C=O) groups excluding carboxylic acids is 2. The first kappa shape index (κ1) is 20.5. The molecule has 0 spiro atoms. The maximum atomic E-state index is 12.7. The van der Waals surface area contributed by atoms with E-state index in [0.29, 0.717) is 11.3 Å². The Kier molecular flexibility index (Phi) is 7.86. The van der Waals surface area contributed by atoms with Crippen molar-refractivity contribution in [1.29, 1.82) is 0 Å². The van der Waals surface area contributed by atoms with Crippen LogP contribution in [0.1, 0.15) is 42.6 Å². The minimum atomic E-state index is -0.153. The van der Waals surface area contributed by atoms with Crippen molar-refractivity contribution in [1.82, 2.24) is 4.90 Å². The van der Waals surface area contributed by atoms with Crippen LogP contribution >= 0.6 is 0 Å². The van der Waals surface area contributed by atoms with E-state index in [1.807, 2.05) is 36.1 Å². The van der Waals surface area contributed by atoms with E-state index in [0.717, 1.165) is 37.2 Å². The number of benzene rings is 2. The number of nitrogens with zero attached hydrogens (tertiary/aromatic N) is 1. The highest BCUT2D eigenvalue weighted by atomic mass is 16.2. The zero-order valence-corrected chi connectivity index (χ0v) is 16.4. The first-order valence-corrected chi connectivity index (χ1v) is 9.53. The van der Waals surface area contributed by atoms with Gasteiger partial charge >= 0.3 is 0 Å². The molecule has 0 atom stereocenters. The Morgan fingerprint density at radius 1 is 0.926 bits per heavy atom. The minimum Gasteiger partial charge on any atom is -0.376 e. The molecule has 0 fully saturated rings. The fourth-order valence-corrected chi connectivity index (χ4v) is 2.91. The molecule has 0 saturated carbocycles. The molecule has 0 aliphatic rings. The largest absolute Gasteiger partial charge is 0.376 e. The van der Waals surface area contributed by atoms with Gasteiger partial charge in [-0.15, -0.1) is 0 Å². The summed E-state index contributed by atoms with van der Waals surface area (Å²) in [4.78, 5) is 26.8. The van der Waals surface area contributed by atoms with E-state index in [-0.39, 0.29) is 18.4 Å². The summed E-state index contributed by atoms with van der Waals surface area (Å²) in [5.74, 6) is -0.146. The van der Waals surface area contributed by atoms with Gasteiger partial charge in [-0.2, -0.15) is 0 Å². The van der Waals surface area contributed by atoms with Crippen LogP contribution in [0.25, 0.3) is 0 Å². The highest BCUT2D eigenvalue weighted by molar-refractivity contribution is 5.98. The molecule has 5 heteroatoms. The number of carbonyl (C=O) groups is 2.